The molecule has 0 amide bonds. The third-order valence-corrected chi connectivity index (χ3v) is 5.11. The first-order chi connectivity index (χ1) is 13.2. The monoisotopic (exact) mass is 365 g/mol. The summed E-state index contributed by atoms with van der Waals surface area (Å²) in [5, 5.41) is 29.2. The molecule has 3 heterocycles. The van der Waals surface area contributed by atoms with Crippen LogP contribution in [0.15, 0.2) is 42.6 Å². The SMILES string of the molecule is OC1CCC(Nc2cccc3nc(Nc4ccc5cn[nH]c5c4)nn23)CC1.[HH]. The maximum Gasteiger partial charge on any atom is 0.247 e. The van der Waals surface area contributed by atoms with Gasteiger partial charge < -0.3 is 15.7 Å². The van der Waals surface area contributed by atoms with Gasteiger partial charge in [0, 0.05) is 18.5 Å². The van der Waals surface area contributed by atoms with E-state index in [1.165, 1.54) is 0 Å². The number of benzene rings is 1. The molecule has 0 saturated heterocycles. The molecule has 1 aromatic carbocycles. The predicted octanol–water partition coefficient (Wildman–Crippen LogP) is 3.31. The standard InChI is InChI=1S/C19H21N7O.H2/c27-15-8-6-13(7-9-15)21-17-2-1-3-18-23-19(25-26(17)18)22-14-5-4-12-11-20-24-16(12)10-14;/h1-5,10-11,13,15,21,27H,6-9H2,(H,20,24)(H,22,25);1H. The average molecular weight is 365 g/mol. The molecule has 3 aromatic heterocycles. The minimum Gasteiger partial charge on any atom is -0.393 e. The van der Waals surface area contributed by atoms with Crippen molar-refractivity contribution in [2.75, 3.05) is 10.6 Å². The molecule has 1 fully saturated rings. The van der Waals surface area contributed by atoms with Gasteiger partial charge in [0.25, 0.3) is 0 Å². The van der Waals surface area contributed by atoms with Gasteiger partial charge in [-0.1, -0.05) is 6.07 Å². The normalized spacial score (nSPS) is 20.2. The lowest BCUT2D eigenvalue weighted by Crippen LogP contribution is -2.29. The highest BCUT2D eigenvalue weighted by molar-refractivity contribution is 5.82. The summed E-state index contributed by atoms with van der Waals surface area (Å²) in [4.78, 5) is 4.58. The Morgan fingerprint density at radius 3 is 2.93 bits per heavy atom. The molecule has 140 valence electrons. The summed E-state index contributed by atoms with van der Waals surface area (Å²) in [6, 6.07) is 12.2. The van der Waals surface area contributed by atoms with Gasteiger partial charge in [-0.25, -0.2) is 0 Å². The Bertz CT molecular complexity index is 1080. The van der Waals surface area contributed by atoms with Gasteiger partial charge in [0.2, 0.25) is 5.95 Å². The van der Waals surface area contributed by atoms with E-state index in [-0.39, 0.29) is 7.53 Å². The second kappa shape index (κ2) is 6.55. The van der Waals surface area contributed by atoms with E-state index in [9.17, 15) is 5.11 Å². The van der Waals surface area contributed by atoms with Gasteiger partial charge >= 0.3 is 0 Å². The van der Waals surface area contributed by atoms with Gasteiger partial charge in [-0.3, -0.25) is 5.10 Å². The molecule has 0 atom stereocenters. The molecule has 0 bridgehead atoms. The van der Waals surface area contributed by atoms with Gasteiger partial charge in [-0.05, 0) is 56.0 Å². The zero-order valence-electron chi connectivity index (χ0n) is 14.8. The van der Waals surface area contributed by atoms with Crippen molar-refractivity contribution in [3.8, 4) is 0 Å². The number of nitrogens with one attached hydrogen (secondary N) is 3. The highest BCUT2D eigenvalue weighted by atomic mass is 16.3. The Kier molecular flexibility index (Phi) is 3.90. The van der Waals surface area contributed by atoms with Gasteiger partial charge in [0.15, 0.2) is 5.65 Å². The number of nitrogens with zero attached hydrogens (tertiary/aromatic N) is 4. The van der Waals surface area contributed by atoms with Crippen molar-refractivity contribution < 1.29 is 6.53 Å². The number of aromatic nitrogens is 5. The maximum absolute atomic E-state index is 9.69. The van der Waals surface area contributed by atoms with Crippen LogP contribution in [0.4, 0.5) is 17.5 Å². The van der Waals surface area contributed by atoms with Crippen LogP contribution in [0.1, 0.15) is 27.1 Å². The lowest BCUT2D eigenvalue weighted by atomic mass is 9.93. The molecule has 0 spiro atoms. The molecule has 1 aliphatic rings. The van der Waals surface area contributed by atoms with Crippen LogP contribution in [0.5, 0.6) is 0 Å². The summed E-state index contributed by atoms with van der Waals surface area (Å²) in [5.41, 5.74) is 2.64. The highest BCUT2D eigenvalue weighted by Gasteiger charge is 2.20. The molecule has 8 nitrogen and oxygen atoms in total. The number of fused-ring (bicyclic) bond motifs is 2. The van der Waals surface area contributed by atoms with Crippen molar-refractivity contribution in [1.82, 2.24) is 24.8 Å². The van der Waals surface area contributed by atoms with E-state index in [1.807, 2.05) is 40.9 Å². The van der Waals surface area contributed by atoms with Crippen LogP contribution in [-0.2, 0) is 0 Å². The lowest BCUT2D eigenvalue weighted by molar-refractivity contribution is 0.126. The quantitative estimate of drug-likeness (QED) is 0.442. The van der Waals surface area contributed by atoms with Crippen LogP contribution < -0.4 is 10.6 Å². The average Bonchev–Trinajstić information content (AvgIpc) is 3.30. The molecular weight excluding hydrogens is 342 g/mol. The van der Waals surface area contributed by atoms with Crippen LogP contribution in [0, 0.1) is 0 Å². The molecule has 0 radical (unpaired) electrons. The predicted molar refractivity (Wildman–Crippen MR) is 106 cm³/mol. The van der Waals surface area contributed by atoms with Crippen molar-refractivity contribution >= 4 is 34.0 Å². The minimum absolute atomic E-state index is 0. The fraction of sp³-hybridized carbons (Fsp3) is 0.316. The van der Waals surface area contributed by atoms with Gasteiger partial charge in [-0.2, -0.15) is 14.6 Å². The van der Waals surface area contributed by atoms with Gasteiger partial charge in [-0.15, -0.1) is 5.10 Å². The first-order valence-electron chi connectivity index (χ1n) is 9.25. The summed E-state index contributed by atoms with van der Waals surface area (Å²) in [7, 11) is 0. The van der Waals surface area contributed by atoms with E-state index in [2.05, 4.69) is 30.9 Å². The molecule has 1 saturated carbocycles. The highest BCUT2D eigenvalue weighted by Crippen LogP contribution is 2.24. The number of H-pyrrole nitrogens is 1. The van der Waals surface area contributed by atoms with Crippen LogP contribution >= 0.6 is 0 Å². The number of aliphatic hydroxyl groups is 1. The van der Waals surface area contributed by atoms with Crippen LogP contribution in [-0.4, -0.2) is 42.0 Å². The second-order valence-corrected chi connectivity index (χ2v) is 7.06. The summed E-state index contributed by atoms with van der Waals surface area (Å²) >= 11 is 0. The smallest absolute Gasteiger partial charge is 0.247 e. The third kappa shape index (κ3) is 3.19. The number of aromatic amines is 1. The van der Waals surface area contributed by atoms with E-state index < -0.39 is 0 Å². The molecule has 27 heavy (non-hydrogen) atoms. The topological polar surface area (TPSA) is 103 Å². The first-order valence-corrected chi connectivity index (χ1v) is 9.25. The Labute approximate surface area is 157 Å². The first kappa shape index (κ1) is 16.1. The molecule has 0 unspecified atom stereocenters. The maximum atomic E-state index is 9.69. The molecule has 0 aliphatic heterocycles. The minimum atomic E-state index is -0.159. The van der Waals surface area contributed by atoms with E-state index in [4.69, 9.17) is 0 Å². The van der Waals surface area contributed by atoms with Crippen molar-refractivity contribution in [2.24, 2.45) is 0 Å². The van der Waals surface area contributed by atoms with E-state index in [1.54, 1.807) is 6.20 Å². The summed E-state index contributed by atoms with van der Waals surface area (Å²) in [6.45, 7) is 0. The molecule has 4 N–H and O–H groups in total. The number of hydrogen-bond donors (Lipinski definition) is 4. The Hall–Kier alpha value is -3.13. The van der Waals surface area contributed by atoms with E-state index >= 15 is 0 Å². The molecule has 8 heteroatoms. The van der Waals surface area contributed by atoms with Crippen molar-refractivity contribution in [1.29, 1.82) is 0 Å². The summed E-state index contributed by atoms with van der Waals surface area (Å²) < 4.78 is 1.82. The van der Waals surface area contributed by atoms with Gasteiger partial charge in [0.1, 0.15) is 5.82 Å². The largest absolute Gasteiger partial charge is 0.393 e. The Morgan fingerprint density at radius 1 is 1.15 bits per heavy atom. The fourth-order valence-electron chi connectivity index (χ4n) is 3.64. The second-order valence-electron chi connectivity index (χ2n) is 7.06. The number of pyridine rings is 1. The van der Waals surface area contributed by atoms with Crippen molar-refractivity contribution in [3.05, 3.63) is 42.6 Å². The third-order valence-electron chi connectivity index (χ3n) is 5.11. The summed E-state index contributed by atoms with van der Waals surface area (Å²) in [5.74, 6) is 1.46. The van der Waals surface area contributed by atoms with Crippen molar-refractivity contribution in [3.63, 3.8) is 0 Å². The molecular formula is C19H23N7O. The Morgan fingerprint density at radius 2 is 2.04 bits per heavy atom. The van der Waals surface area contributed by atoms with E-state index in [0.717, 1.165) is 53.7 Å². The molecule has 4 aromatic rings. The zero-order chi connectivity index (χ0) is 18.2. The fourth-order valence-corrected chi connectivity index (χ4v) is 3.64. The molecule has 5 rings (SSSR count). The van der Waals surface area contributed by atoms with Gasteiger partial charge in [0.05, 0.1) is 17.8 Å². The van der Waals surface area contributed by atoms with Crippen molar-refractivity contribution in [2.45, 2.75) is 37.8 Å². The number of anilines is 3. The lowest BCUT2D eigenvalue weighted by Gasteiger charge is -2.26. The van der Waals surface area contributed by atoms with Crippen LogP contribution in [0.2, 0.25) is 0 Å². The molecule has 1 aliphatic carbocycles. The van der Waals surface area contributed by atoms with Crippen LogP contribution in [0.3, 0.4) is 0 Å². The summed E-state index contributed by atoms with van der Waals surface area (Å²) in [6.07, 6.45) is 5.24. The number of rotatable bonds is 4. The number of aliphatic hydroxyl groups excluding tert-OH is 1. The Balaban J connectivity index is 0.00000192. The zero-order valence-corrected chi connectivity index (χ0v) is 14.8. The number of hydrogen-bond acceptors (Lipinski definition) is 6. The van der Waals surface area contributed by atoms with E-state index in [0.29, 0.717) is 12.0 Å². The van der Waals surface area contributed by atoms with Crippen LogP contribution in [0.25, 0.3) is 16.6 Å².